The molecule has 13 heavy (non-hydrogen) atoms. The maximum absolute atomic E-state index is 8.97. The molecule has 1 heteroatoms. The summed E-state index contributed by atoms with van der Waals surface area (Å²) in [5.74, 6) is 0. The summed E-state index contributed by atoms with van der Waals surface area (Å²) in [5, 5.41) is 11.4. The number of fused-ring (bicyclic) bond motifs is 1. The molecule has 0 saturated heterocycles. The number of hydrogen-bond acceptors (Lipinski definition) is 1. The number of hydrogen-bond donors (Lipinski definition) is 1. The molecule has 2 rings (SSSR count). The first-order valence-corrected chi connectivity index (χ1v) is 4.40. The van der Waals surface area contributed by atoms with E-state index in [2.05, 4.69) is 25.1 Å². The Labute approximate surface area is 77.6 Å². The van der Waals surface area contributed by atoms with Gasteiger partial charge in [-0.1, -0.05) is 35.9 Å². The minimum Gasteiger partial charge on any atom is -0.392 e. The normalized spacial score (nSPS) is 10.6. The molecule has 1 N–H and O–H groups in total. The first-order valence-electron chi connectivity index (χ1n) is 4.40. The van der Waals surface area contributed by atoms with Gasteiger partial charge in [-0.25, -0.2) is 0 Å². The number of aliphatic hydroxyl groups is 1. The number of aryl methyl sites for hydroxylation is 1. The Morgan fingerprint density at radius 2 is 1.77 bits per heavy atom. The first kappa shape index (κ1) is 8.27. The molecule has 2 aromatic carbocycles. The lowest BCUT2D eigenvalue weighted by molar-refractivity contribution is 0.282. The molecular weight excluding hydrogens is 160 g/mol. The molecule has 0 amide bonds. The van der Waals surface area contributed by atoms with Crippen molar-refractivity contribution in [1.29, 1.82) is 0 Å². The van der Waals surface area contributed by atoms with Crippen molar-refractivity contribution in [2.75, 3.05) is 0 Å². The van der Waals surface area contributed by atoms with Gasteiger partial charge in [0, 0.05) is 0 Å². The third kappa shape index (κ3) is 1.56. The van der Waals surface area contributed by atoms with Gasteiger partial charge in [0.1, 0.15) is 0 Å². The molecule has 0 heterocycles. The van der Waals surface area contributed by atoms with Crippen LogP contribution in [-0.2, 0) is 6.61 Å². The van der Waals surface area contributed by atoms with E-state index in [1.54, 1.807) is 0 Å². The smallest absolute Gasteiger partial charge is 0.0682 e. The maximum atomic E-state index is 8.97. The number of rotatable bonds is 1. The minimum absolute atomic E-state index is 0.115. The lowest BCUT2D eigenvalue weighted by atomic mass is 10.1. The van der Waals surface area contributed by atoms with E-state index in [4.69, 9.17) is 5.11 Å². The van der Waals surface area contributed by atoms with Gasteiger partial charge in [0.2, 0.25) is 0 Å². The Bertz CT molecular complexity index is 432. The van der Waals surface area contributed by atoms with Crippen molar-refractivity contribution in [2.45, 2.75) is 13.5 Å². The van der Waals surface area contributed by atoms with Crippen LogP contribution in [0.1, 0.15) is 11.1 Å². The molecule has 0 fully saturated rings. The Kier molecular flexibility index (Phi) is 2.03. The average molecular weight is 172 g/mol. The van der Waals surface area contributed by atoms with Crippen LogP contribution < -0.4 is 0 Å². The van der Waals surface area contributed by atoms with E-state index in [1.165, 1.54) is 16.3 Å². The summed E-state index contributed by atoms with van der Waals surface area (Å²) in [6, 6.07) is 12.4. The second-order valence-electron chi connectivity index (χ2n) is 3.34. The van der Waals surface area contributed by atoms with E-state index in [1.807, 2.05) is 18.2 Å². The van der Waals surface area contributed by atoms with Gasteiger partial charge < -0.3 is 5.11 Å². The first-order chi connectivity index (χ1) is 6.29. The molecule has 0 aromatic heterocycles. The molecule has 66 valence electrons. The van der Waals surface area contributed by atoms with Crippen LogP contribution in [0.5, 0.6) is 0 Å². The van der Waals surface area contributed by atoms with Crippen LogP contribution in [0.2, 0.25) is 0 Å². The summed E-state index contributed by atoms with van der Waals surface area (Å²) in [7, 11) is 0. The van der Waals surface area contributed by atoms with Crippen molar-refractivity contribution in [3.63, 3.8) is 0 Å². The monoisotopic (exact) mass is 172 g/mol. The zero-order chi connectivity index (χ0) is 9.26. The van der Waals surface area contributed by atoms with Crippen molar-refractivity contribution in [2.24, 2.45) is 0 Å². The zero-order valence-corrected chi connectivity index (χ0v) is 7.62. The highest BCUT2D eigenvalue weighted by molar-refractivity contribution is 5.83. The summed E-state index contributed by atoms with van der Waals surface area (Å²) in [4.78, 5) is 0. The van der Waals surface area contributed by atoms with Crippen LogP contribution in [0.15, 0.2) is 36.4 Å². The van der Waals surface area contributed by atoms with Gasteiger partial charge in [-0.05, 0) is 29.3 Å². The van der Waals surface area contributed by atoms with Crippen molar-refractivity contribution in [3.8, 4) is 0 Å². The predicted octanol–water partition coefficient (Wildman–Crippen LogP) is 2.64. The van der Waals surface area contributed by atoms with E-state index in [0.29, 0.717) is 0 Å². The van der Waals surface area contributed by atoms with Gasteiger partial charge in [0.15, 0.2) is 0 Å². The van der Waals surface area contributed by atoms with E-state index in [9.17, 15) is 0 Å². The molecule has 0 spiro atoms. The van der Waals surface area contributed by atoms with Gasteiger partial charge in [0.25, 0.3) is 0 Å². The topological polar surface area (TPSA) is 20.2 Å². The van der Waals surface area contributed by atoms with E-state index in [-0.39, 0.29) is 6.61 Å². The molecule has 2 aromatic rings. The summed E-state index contributed by atoms with van der Waals surface area (Å²) in [6.45, 7) is 2.19. The Morgan fingerprint density at radius 1 is 1.00 bits per heavy atom. The molecule has 0 radical (unpaired) electrons. The van der Waals surface area contributed by atoms with Gasteiger partial charge in [-0.2, -0.15) is 0 Å². The average Bonchev–Trinajstić information content (AvgIpc) is 2.16. The van der Waals surface area contributed by atoms with Crippen LogP contribution in [0.3, 0.4) is 0 Å². The lowest BCUT2D eigenvalue weighted by Gasteiger charge is -2.01. The van der Waals surface area contributed by atoms with Gasteiger partial charge in [0.05, 0.1) is 6.61 Å². The second kappa shape index (κ2) is 3.19. The van der Waals surface area contributed by atoms with Crippen molar-refractivity contribution in [3.05, 3.63) is 47.5 Å². The third-order valence-electron chi connectivity index (χ3n) is 2.24. The summed E-state index contributed by atoms with van der Waals surface area (Å²) < 4.78 is 0. The van der Waals surface area contributed by atoms with E-state index < -0.39 is 0 Å². The number of benzene rings is 2. The van der Waals surface area contributed by atoms with Gasteiger partial charge in [-0.3, -0.25) is 0 Å². The van der Waals surface area contributed by atoms with Gasteiger partial charge >= 0.3 is 0 Å². The molecule has 0 atom stereocenters. The zero-order valence-electron chi connectivity index (χ0n) is 7.62. The van der Waals surface area contributed by atoms with Crippen LogP contribution in [0, 0.1) is 6.92 Å². The van der Waals surface area contributed by atoms with E-state index in [0.717, 1.165) is 5.56 Å². The van der Waals surface area contributed by atoms with Gasteiger partial charge in [-0.15, -0.1) is 0 Å². The largest absolute Gasteiger partial charge is 0.392 e. The Morgan fingerprint density at radius 3 is 2.54 bits per heavy atom. The molecule has 0 saturated carbocycles. The fourth-order valence-corrected chi connectivity index (χ4v) is 1.51. The Balaban J connectivity index is 2.68. The van der Waals surface area contributed by atoms with Crippen molar-refractivity contribution >= 4 is 10.8 Å². The van der Waals surface area contributed by atoms with Crippen LogP contribution in [-0.4, -0.2) is 5.11 Å². The van der Waals surface area contributed by atoms with Crippen LogP contribution in [0.4, 0.5) is 0 Å². The fraction of sp³-hybridized carbons (Fsp3) is 0.167. The molecule has 0 bridgehead atoms. The standard InChI is InChI=1S/C12H12O/c1-9-2-4-11-5-3-10(8-13)7-12(11)6-9/h2-7,13H,8H2,1H3. The third-order valence-corrected chi connectivity index (χ3v) is 2.24. The molecule has 1 nitrogen and oxygen atoms in total. The molecule has 0 aliphatic heterocycles. The Hall–Kier alpha value is -1.34. The van der Waals surface area contributed by atoms with Crippen molar-refractivity contribution in [1.82, 2.24) is 0 Å². The summed E-state index contributed by atoms with van der Waals surface area (Å²) in [5.41, 5.74) is 2.22. The summed E-state index contributed by atoms with van der Waals surface area (Å²) in [6.07, 6.45) is 0. The minimum atomic E-state index is 0.115. The quantitative estimate of drug-likeness (QED) is 0.701. The molecule has 0 aliphatic rings. The van der Waals surface area contributed by atoms with Crippen molar-refractivity contribution < 1.29 is 5.11 Å². The predicted molar refractivity (Wildman–Crippen MR) is 54.6 cm³/mol. The lowest BCUT2D eigenvalue weighted by Crippen LogP contribution is -1.83. The second-order valence-corrected chi connectivity index (χ2v) is 3.34. The fourth-order valence-electron chi connectivity index (χ4n) is 1.51. The highest BCUT2D eigenvalue weighted by Gasteiger charge is 1.95. The molecule has 0 aliphatic carbocycles. The maximum Gasteiger partial charge on any atom is 0.0682 e. The summed E-state index contributed by atoms with van der Waals surface area (Å²) >= 11 is 0. The van der Waals surface area contributed by atoms with Crippen LogP contribution >= 0.6 is 0 Å². The highest BCUT2D eigenvalue weighted by atomic mass is 16.3. The highest BCUT2D eigenvalue weighted by Crippen LogP contribution is 2.17. The SMILES string of the molecule is Cc1ccc2ccc(CO)cc2c1. The number of aliphatic hydroxyl groups excluding tert-OH is 1. The van der Waals surface area contributed by atoms with E-state index >= 15 is 0 Å². The van der Waals surface area contributed by atoms with Crippen LogP contribution in [0.25, 0.3) is 10.8 Å². The molecule has 0 unspecified atom stereocenters. The molecular formula is C12H12O.